The molecule has 0 bridgehead atoms. The zero-order valence-electron chi connectivity index (χ0n) is 19.1. The summed E-state index contributed by atoms with van der Waals surface area (Å²) >= 11 is 0. The highest BCUT2D eigenvalue weighted by atomic mass is 19.1. The zero-order valence-corrected chi connectivity index (χ0v) is 19.1. The van der Waals surface area contributed by atoms with Gasteiger partial charge in [-0.2, -0.15) is 0 Å². The van der Waals surface area contributed by atoms with E-state index in [9.17, 15) is 9.18 Å². The number of hydrogen-bond acceptors (Lipinski definition) is 7. The topological polar surface area (TPSA) is 83.2 Å². The summed E-state index contributed by atoms with van der Waals surface area (Å²) in [6, 6.07) is 3.85. The van der Waals surface area contributed by atoms with Crippen LogP contribution in [0.3, 0.4) is 0 Å². The maximum Gasteiger partial charge on any atom is 0.492 e. The molecule has 1 aromatic carbocycles. The summed E-state index contributed by atoms with van der Waals surface area (Å²) in [5, 5.41) is 0. The van der Waals surface area contributed by atoms with Gasteiger partial charge < -0.3 is 29.4 Å². The van der Waals surface area contributed by atoms with E-state index in [0.29, 0.717) is 23.7 Å². The van der Waals surface area contributed by atoms with Crippen molar-refractivity contribution in [3.8, 4) is 0 Å². The van der Waals surface area contributed by atoms with Crippen LogP contribution in [0.4, 0.5) is 4.39 Å². The number of hydrogen-bond donors (Lipinski definition) is 1. The van der Waals surface area contributed by atoms with Crippen molar-refractivity contribution in [2.45, 2.75) is 51.9 Å². The van der Waals surface area contributed by atoms with Crippen LogP contribution in [0.5, 0.6) is 0 Å². The fourth-order valence-corrected chi connectivity index (χ4v) is 3.49. The highest BCUT2D eigenvalue weighted by molar-refractivity contribution is 6.55. The van der Waals surface area contributed by atoms with Crippen molar-refractivity contribution < 1.29 is 28.0 Å². The Balaban J connectivity index is 1.90. The predicted octanol–water partition coefficient (Wildman–Crippen LogP) is 3.32. The van der Waals surface area contributed by atoms with Crippen molar-refractivity contribution in [2.24, 2.45) is 5.73 Å². The van der Waals surface area contributed by atoms with Gasteiger partial charge in [0, 0.05) is 19.2 Å². The van der Waals surface area contributed by atoms with E-state index in [1.165, 1.54) is 25.3 Å². The van der Waals surface area contributed by atoms with Gasteiger partial charge in [-0.15, -0.1) is 0 Å². The molecule has 31 heavy (non-hydrogen) atoms. The second-order valence-corrected chi connectivity index (χ2v) is 8.90. The Morgan fingerprint density at radius 1 is 1.26 bits per heavy atom. The zero-order chi connectivity index (χ0) is 23.1. The molecule has 3 rings (SSSR count). The maximum atomic E-state index is 13.9. The third-order valence-corrected chi connectivity index (χ3v) is 6.12. The Morgan fingerprint density at radius 2 is 1.87 bits per heavy atom. The minimum atomic E-state index is -0.666. The van der Waals surface area contributed by atoms with Gasteiger partial charge in [0.05, 0.1) is 23.9 Å². The molecule has 168 valence electrons. The Kier molecular flexibility index (Phi) is 6.13. The highest BCUT2D eigenvalue weighted by Gasteiger charge is 2.52. The molecule has 0 amide bonds. The van der Waals surface area contributed by atoms with Gasteiger partial charge >= 0.3 is 13.1 Å². The van der Waals surface area contributed by atoms with E-state index in [1.807, 2.05) is 39.6 Å². The fraction of sp³-hybridized carbons (Fsp3) is 0.500. The smallest absolute Gasteiger partial charge is 0.482 e. The Labute approximate surface area is 183 Å². The lowest BCUT2D eigenvalue weighted by Gasteiger charge is -2.32. The van der Waals surface area contributed by atoms with Gasteiger partial charge in [0.2, 0.25) is 0 Å². The van der Waals surface area contributed by atoms with Crippen LogP contribution in [0, 0.1) is 5.82 Å². The lowest BCUT2D eigenvalue weighted by molar-refractivity contribution is 0.00578. The van der Waals surface area contributed by atoms with Crippen LogP contribution in [0.1, 0.15) is 56.6 Å². The van der Waals surface area contributed by atoms with Crippen LogP contribution in [0.25, 0.3) is 0 Å². The van der Waals surface area contributed by atoms with Crippen LogP contribution >= 0.6 is 0 Å². The summed E-state index contributed by atoms with van der Waals surface area (Å²) in [6.07, 6.45) is 1.13. The van der Waals surface area contributed by atoms with Crippen LogP contribution in [0.15, 0.2) is 41.3 Å². The Hall–Kier alpha value is -2.52. The quantitative estimate of drug-likeness (QED) is 0.565. The van der Waals surface area contributed by atoms with Gasteiger partial charge in [0.25, 0.3) is 0 Å². The summed E-state index contributed by atoms with van der Waals surface area (Å²) in [5.41, 5.74) is 6.75. The third kappa shape index (κ3) is 4.43. The van der Waals surface area contributed by atoms with Gasteiger partial charge in [-0.25, -0.2) is 9.18 Å². The first-order chi connectivity index (χ1) is 14.4. The van der Waals surface area contributed by atoms with Crippen molar-refractivity contribution in [3.05, 3.63) is 58.3 Å². The van der Waals surface area contributed by atoms with E-state index in [-0.39, 0.29) is 5.56 Å². The van der Waals surface area contributed by atoms with Gasteiger partial charge in [0.1, 0.15) is 17.7 Å². The second kappa shape index (κ2) is 8.20. The fourth-order valence-electron chi connectivity index (χ4n) is 3.49. The van der Waals surface area contributed by atoms with Gasteiger partial charge in [0.15, 0.2) is 5.76 Å². The molecule has 0 aliphatic carbocycles. The number of carbonyl (C=O) groups excluding carboxylic acids is 1. The number of methoxy groups -OCH3 is 1. The second-order valence-electron chi connectivity index (χ2n) is 8.90. The minimum Gasteiger partial charge on any atom is -0.482 e. The minimum absolute atomic E-state index is 0.231. The number of ether oxygens (including phenoxy) is 2. The molecule has 1 fully saturated rings. The van der Waals surface area contributed by atoms with E-state index < -0.39 is 36.2 Å². The van der Waals surface area contributed by atoms with E-state index in [2.05, 4.69) is 0 Å². The first kappa shape index (κ1) is 23.2. The maximum absolute atomic E-state index is 13.9. The van der Waals surface area contributed by atoms with Crippen LogP contribution in [0.2, 0.25) is 0 Å². The molecular weight excluding hydrogens is 402 g/mol. The molecule has 1 saturated heterocycles. The molecule has 1 atom stereocenters. The lowest BCUT2D eigenvalue weighted by Crippen LogP contribution is -2.41. The van der Waals surface area contributed by atoms with Gasteiger partial charge in [-0.05, 0) is 64.4 Å². The average Bonchev–Trinajstić information content (AvgIpc) is 2.91. The third-order valence-electron chi connectivity index (χ3n) is 6.12. The van der Waals surface area contributed by atoms with E-state index in [1.54, 1.807) is 13.0 Å². The van der Waals surface area contributed by atoms with E-state index in [4.69, 9.17) is 24.5 Å². The molecule has 0 radical (unpaired) electrons. The molecule has 2 heterocycles. The largest absolute Gasteiger partial charge is 0.492 e. The molecule has 2 N–H and O–H groups in total. The van der Waals surface area contributed by atoms with E-state index >= 15 is 0 Å². The number of allylic oxidation sites excluding steroid dienone is 1. The number of rotatable bonds is 5. The Bertz CT molecular complexity index is 928. The monoisotopic (exact) mass is 432 g/mol. The van der Waals surface area contributed by atoms with Gasteiger partial charge in [-0.1, -0.05) is 0 Å². The van der Waals surface area contributed by atoms with Crippen LogP contribution in [-0.2, 0) is 18.8 Å². The predicted molar refractivity (Wildman–Crippen MR) is 115 cm³/mol. The number of benzene rings is 1. The van der Waals surface area contributed by atoms with Crippen molar-refractivity contribution in [1.82, 2.24) is 4.90 Å². The van der Waals surface area contributed by atoms with Crippen molar-refractivity contribution in [2.75, 3.05) is 20.7 Å². The SMILES string of the molecule is COC(=O)c1ccc(F)cc1[C@@H](C)OC1=C(N)N(C)CC(B2OC(C)(C)C(C)(C)O2)=C1. The lowest BCUT2D eigenvalue weighted by atomic mass is 9.76. The molecule has 0 unspecified atom stereocenters. The Morgan fingerprint density at radius 3 is 2.45 bits per heavy atom. The number of carbonyl (C=O) groups is 1. The van der Waals surface area contributed by atoms with Crippen LogP contribution < -0.4 is 5.73 Å². The summed E-state index contributed by atoms with van der Waals surface area (Å²) in [4.78, 5) is 13.9. The average molecular weight is 432 g/mol. The molecule has 2 aliphatic rings. The standard InChI is InChI=1S/C22H30BFN2O5/c1-13(17-11-15(24)8-9-16(17)20(27)28-7)29-18-10-14(12-26(6)19(18)25)23-30-21(2,3)22(4,5)31-23/h8-11,13H,12,25H2,1-7H3/t13-/m1/s1. The molecular formula is C22H30BFN2O5. The molecule has 2 aliphatic heterocycles. The first-order valence-corrected chi connectivity index (χ1v) is 10.2. The molecule has 7 nitrogen and oxygen atoms in total. The van der Waals surface area contributed by atoms with E-state index in [0.717, 1.165) is 5.47 Å². The first-order valence-electron chi connectivity index (χ1n) is 10.2. The van der Waals surface area contributed by atoms with Crippen LogP contribution in [-0.4, -0.2) is 49.9 Å². The summed E-state index contributed by atoms with van der Waals surface area (Å²) < 4.78 is 37.1. The molecule has 0 saturated carbocycles. The highest BCUT2D eigenvalue weighted by Crippen LogP contribution is 2.40. The van der Waals surface area contributed by atoms with Crippen molar-refractivity contribution in [3.63, 3.8) is 0 Å². The number of likely N-dealkylation sites (N-methyl/N-ethyl adjacent to an activating group) is 1. The van der Waals surface area contributed by atoms with Crippen molar-refractivity contribution >= 4 is 13.1 Å². The number of halogens is 1. The molecule has 1 aromatic rings. The summed E-state index contributed by atoms with van der Waals surface area (Å²) in [5.74, 6) is -0.231. The number of nitrogens with zero attached hydrogens (tertiary/aromatic N) is 1. The number of nitrogens with two attached hydrogens (primary N) is 1. The number of esters is 1. The van der Waals surface area contributed by atoms with Crippen molar-refractivity contribution in [1.29, 1.82) is 0 Å². The summed E-state index contributed by atoms with van der Waals surface area (Å²) in [7, 11) is 2.56. The normalized spacial score (nSPS) is 21.1. The molecule has 9 heteroatoms. The summed E-state index contributed by atoms with van der Waals surface area (Å²) in [6.45, 7) is 10.2. The molecule has 0 aromatic heterocycles. The van der Waals surface area contributed by atoms with Gasteiger partial charge in [-0.3, -0.25) is 0 Å². The molecule has 0 spiro atoms.